The highest BCUT2D eigenvalue weighted by atomic mass is 16.3. The van der Waals surface area contributed by atoms with Crippen LogP contribution in [-0.4, -0.2) is 14.7 Å². The molecule has 1 N–H and O–H groups in total. The van der Waals surface area contributed by atoms with Gasteiger partial charge in [-0.3, -0.25) is 4.57 Å². The molecule has 0 fully saturated rings. The zero-order valence-corrected chi connectivity index (χ0v) is 10.4. The third-order valence-corrected chi connectivity index (χ3v) is 3.10. The van der Waals surface area contributed by atoms with Crippen molar-refractivity contribution in [2.24, 2.45) is 0 Å². The van der Waals surface area contributed by atoms with E-state index in [2.05, 4.69) is 4.98 Å². The van der Waals surface area contributed by atoms with Gasteiger partial charge in [-0.15, -0.1) is 0 Å². The maximum atomic E-state index is 10.0. The molecule has 18 heavy (non-hydrogen) atoms. The summed E-state index contributed by atoms with van der Waals surface area (Å²) in [7, 11) is 0. The van der Waals surface area contributed by atoms with Crippen molar-refractivity contribution in [3.63, 3.8) is 0 Å². The molecule has 0 unspecified atom stereocenters. The van der Waals surface area contributed by atoms with Gasteiger partial charge in [0.1, 0.15) is 11.6 Å². The van der Waals surface area contributed by atoms with E-state index in [1.165, 1.54) is 0 Å². The molecule has 0 aliphatic rings. The van der Waals surface area contributed by atoms with Gasteiger partial charge >= 0.3 is 0 Å². The van der Waals surface area contributed by atoms with E-state index in [1.54, 1.807) is 6.07 Å². The predicted octanol–water partition coefficient (Wildman–Crippen LogP) is 3.35. The van der Waals surface area contributed by atoms with Crippen molar-refractivity contribution in [1.82, 2.24) is 9.55 Å². The van der Waals surface area contributed by atoms with E-state index in [0.717, 1.165) is 28.1 Å². The van der Waals surface area contributed by atoms with Crippen LogP contribution in [0.15, 0.2) is 42.5 Å². The lowest BCUT2D eigenvalue weighted by molar-refractivity contribution is 0.472. The van der Waals surface area contributed by atoms with Gasteiger partial charge < -0.3 is 5.11 Å². The lowest BCUT2D eigenvalue weighted by atomic mass is 10.2. The number of rotatable bonds is 1. The summed E-state index contributed by atoms with van der Waals surface area (Å²) < 4.78 is 1.98. The van der Waals surface area contributed by atoms with Gasteiger partial charge in [0.05, 0.1) is 16.7 Å². The molecular formula is C15H14N2O. The normalized spacial score (nSPS) is 11.0. The second-order valence-corrected chi connectivity index (χ2v) is 4.48. The summed E-state index contributed by atoms with van der Waals surface area (Å²) in [6, 6.07) is 13.5. The average Bonchev–Trinajstić information content (AvgIpc) is 2.68. The molecule has 0 amide bonds. The summed E-state index contributed by atoms with van der Waals surface area (Å²) in [6.07, 6.45) is 0. The molecule has 0 spiro atoms. The number of aromatic hydroxyl groups is 1. The van der Waals surface area contributed by atoms with Crippen LogP contribution in [0.5, 0.6) is 5.75 Å². The van der Waals surface area contributed by atoms with Crippen LogP contribution in [0, 0.1) is 13.8 Å². The molecule has 0 aliphatic heterocycles. The second kappa shape index (κ2) is 3.88. The van der Waals surface area contributed by atoms with E-state index >= 15 is 0 Å². The van der Waals surface area contributed by atoms with Crippen molar-refractivity contribution in [1.29, 1.82) is 0 Å². The number of benzene rings is 2. The third kappa shape index (κ3) is 1.56. The summed E-state index contributed by atoms with van der Waals surface area (Å²) in [4.78, 5) is 4.51. The van der Waals surface area contributed by atoms with Gasteiger partial charge in [0.15, 0.2) is 0 Å². The zero-order valence-electron chi connectivity index (χ0n) is 10.4. The zero-order chi connectivity index (χ0) is 12.7. The number of aromatic nitrogens is 2. The lowest BCUT2D eigenvalue weighted by Crippen LogP contribution is -1.97. The van der Waals surface area contributed by atoms with Crippen molar-refractivity contribution in [3.8, 4) is 11.4 Å². The number of hydrogen-bond donors (Lipinski definition) is 1. The van der Waals surface area contributed by atoms with E-state index in [-0.39, 0.29) is 5.75 Å². The Kier molecular flexibility index (Phi) is 2.33. The van der Waals surface area contributed by atoms with Crippen LogP contribution in [-0.2, 0) is 0 Å². The van der Waals surface area contributed by atoms with Crippen LogP contribution in [0.3, 0.4) is 0 Å². The van der Waals surface area contributed by atoms with Crippen molar-refractivity contribution in [3.05, 3.63) is 53.9 Å². The number of para-hydroxylation sites is 2. The number of phenolic OH excluding ortho intramolecular Hbond substituents is 1. The number of phenols is 1. The van der Waals surface area contributed by atoms with Crippen molar-refractivity contribution < 1.29 is 5.11 Å². The highest BCUT2D eigenvalue weighted by molar-refractivity contribution is 5.79. The van der Waals surface area contributed by atoms with E-state index in [4.69, 9.17) is 0 Å². The Morgan fingerprint density at radius 2 is 1.83 bits per heavy atom. The molecule has 2 aromatic carbocycles. The highest BCUT2D eigenvalue weighted by Crippen LogP contribution is 2.28. The van der Waals surface area contributed by atoms with E-state index < -0.39 is 0 Å². The molecule has 3 rings (SSSR count). The number of fused-ring (bicyclic) bond motifs is 1. The Hall–Kier alpha value is -2.29. The molecule has 3 nitrogen and oxygen atoms in total. The van der Waals surface area contributed by atoms with Crippen molar-refractivity contribution >= 4 is 11.0 Å². The fourth-order valence-electron chi connectivity index (χ4n) is 2.26. The third-order valence-electron chi connectivity index (χ3n) is 3.10. The molecule has 0 saturated carbocycles. The number of nitrogens with zero attached hydrogens (tertiary/aromatic N) is 2. The Balaban J connectivity index is 2.37. The minimum Gasteiger partial charge on any atom is -0.506 e. The van der Waals surface area contributed by atoms with Crippen LogP contribution in [0.25, 0.3) is 16.7 Å². The van der Waals surface area contributed by atoms with Crippen molar-refractivity contribution in [2.45, 2.75) is 13.8 Å². The summed E-state index contributed by atoms with van der Waals surface area (Å²) in [5.74, 6) is 1.14. The SMILES string of the molecule is Cc1ccc(O)c(-n2c(C)nc3ccccc32)c1. The van der Waals surface area contributed by atoms with Gasteiger partial charge in [-0.2, -0.15) is 0 Å². The molecule has 0 radical (unpaired) electrons. The quantitative estimate of drug-likeness (QED) is 0.706. The van der Waals surface area contributed by atoms with Crippen molar-refractivity contribution in [2.75, 3.05) is 0 Å². The topological polar surface area (TPSA) is 38.0 Å². The van der Waals surface area contributed by atoms with Crippen LogP contribution in [0.2, 0.25) is 0 Å². The maximum Gasteiger partial charge on any atom is 0.139 e. The Bertz CT molecular complexity index is 728. The van der Waals surface area contributed by atoms with E-state index in [9.17, 15) is 5.11 Å². The van der Waals surface area contributed by atoms with Gasteiger partial charge in [0, 0.05) is 0 Å². The molecule has 0 saturated heterocycles. The lowest BCUT2D eigenvalue weighted by Gasteiger charge is -2.10. The van der Waals surface area contributed by atoms with Gasteiger partial charge in [0.25, 0.3) is 0 Å². The second-order valence-electron chi connectivity index (χ2n) is 4.48. The molecule has 1 aromatic heterocycles. The van der Waals surface area contributed by atoms with Gasteiger partial charge in [-0.1, -0.05) is 18.2 Å². The fourth-order valence-corrected chi connectivity index (χ4v) is 2.26. The fraction of sp³-hybridized carbons (Fsp3) is 0.133. The van der Waals surface area contributed by atoms with Gasteiger partial charge in [-0.05, 0) is 43.7 Å². The Morgan fingerprint density at radius 1 is 1.06 bits per heavy atom. The molecule has 1 heterocycles. The monoisotopic (exact) mass is 238 g/mol. The number of imidazole rings is 1. The smallest absolute Gasteiger partial charge is 0.139 e. The summed E-state index contributed by atoms with van der Waals surface area (Å²) in [6.45, 7) is 3.96. The highest BCUT2D eigenvalue weighted by Gasteiger charge is 2.11. The molecule has 0 bridgehead atoms. The Labute approximate surface area is 105 Å². The molecule has 3 aromatic rings. The molecule has 0 atom stereocenters. The van der Waals surface area contributed by atoms with Crippen LogP contribution in [0.4, 0.5) is 0 Å². The first kappa shape index (κ1) is 10.8. The molecule has 3 heteroatoms. The van der Waals surface area contributed by atoms with E-state index in [1.807, 2.05) is 54.8 Å². The molecular weight excluding hydrogens is 224 g/mol. The first-order chi connectivity index (χ1) is 8.66. The summed E-state index contributed by atoms with van der Waals surface area (Å²) >= 11 is 0. The number of hydrogen-bond acceptors (Lipinski definition) is 2. The Morgan fingerprint density at radius 3 is 2.67 bits per heavy atom. The largest absolute Gasteiger partial charge is 0.506 e. The summed E-state index contributed by atoms with van der Waals surface area (Å²) in [5.41, 5.74) is 3.84. The number of aryl methyl sites for hydroxylation is 2. The molecule has 0 aliphatic carbocycles. The van der Waals surface area contributed by atoms with Crippen LogP contribution >= 0.6 is 0 Å². The first-order valence-corrected chi connectivity index (χ1v) is 5.91. The minimum absolute atomic E-state index is 0.270. The first-order valence-electron chi connectivity index (χ1n) is 5.91. The predicted molar refractivity (Wildman–Crippen MR) is 72.2 cm³/mol. The van der Waals surface area contributed by atoms with Crippen LogP contribution in [0.1, 0.15) is 11.4 Å². The standard InChI is InChI=1S/C15H14N2O/c1-10-7-8-15(18)14(9-10)17-11(2)16-12-5-3-4-6-13(12)17/h3-9,18H,1-2H3. The average molecular weight is 238 g/mol. The van der Waals surface area contributed by atoms with E-state index in [0.29, 0.717) is 0 Å². The molecule has 90 valence electrons. The summed E-state index contributed by atoms with van der Waals surface area (Å²) in [5, 5.41) is 10.0. The van der Waals surface area contributed by atoms with Crippen LogP contribution < -0.4 is 0 Å². The van der Waals surface area contributed by atoms with Gasteiger partial charge in [-0.25, -0.2) is 4.98 Å². The maximum absolute atomic E-state index is 10.0. The van der Waals surface area contributed by atoms with Gasteiger partial charge in [0.2, 0.25) is 0 Å². The minimum atomic E-state index is 0.270.